The van der Waals surface area contributed by atoms with Crippen LogP contribution in [0.2, 0.25) is 0 Å². The molecular formula is C10H23N3O2. The molecule has 0 radical (unpaired) electrons. The number of hydrogen-bond donors (Lipinski definition) is 2. The van der Waals surface area contributed by atoms with E-state index in [1.807, 2.05) is 19.0 Å². The Kier molecular flexibility index (Phi) is 7.29. The Balaban J connectivity index is 3.42. The van der Waals surface area contributed by atoms with Gasteiger partial charge >= 0.3 is 0 Å². The van der Waals surface area contributed by atoms with Crippen molar-refractivity contribution in [2.24, 2.45) is 0 Å². The smallest absolute Gasteiger partial charge is 0.223 e. The fraction of sp³-hybridized carbons (Fsp3) is 0.900. The van der Waals surface area contributed by atoms with E-state index in [2.05, 4.69) is 5.32 Å². The van der Waals surface area contributed by atoms with Crippen LogP contribution in [-0.4, -0.2) is 74.7 Å². The molecule has 0 aromatic carbocycles. The number of aliphatic hydroxyl groups is 1. The van der Waals surface area contributed by atoms with Crippen molar-refractivity contribution in [3.63, 3.8) is 0 Å². The van der Waals surface area contributed by atoms with Crippen molar-refractivity contribution < 1.29 is 9.90 Å². The van der Waals surface area contributed by atoms with Crippen LogP contribution < -0.4 is 5.32 Å². The molecule has 0 aromatic heterocycles. The topological polar surface area (TPSA) is 55.8 Å². The number of likely N-dealkylation sites (N-methyl/N-ethyl adjacent to an activating group) is 1. The monoisotopic (exact) mass is 217 g/mol. The van der Waals surface area contributed by atoms with Crippen LogP contribution in [0.3, 0.4) is 0 Å². The number of aliphatic hydroxyl groups excluding tert-OH is 1. The SMILES string of the molecule is CN(C)CC(O)CNCCC(=O)N(C)C. The zero-order valence-electron chi connectivity index (χ0n) is 10.2. The van der Waals surface area contributed by atoms with Gasteiger partial charge in [0.05, 0.1) is 6.10 Å². The lowest BCUT2D eigenvalue weighted by Gasteiger charge is -2.16. The molecule has 2 N–H and O–H groups in total. The first-order valence-corrected chi connectivity index (χ1v) is 5.17. The number of hydrogen-bond acceptors (Lipinski definition) is 4. The van der Waals surface area contributed by atoms with Crippen LogP contribution in [0.4, 0.5) is 0 Å². The van der Waals surface area contributed by atoms with Crippen LogP contribution >= 0.6 is 0 Å². The second-order valence-electron chi connectivity index (χ2n) is 4.16. The van der Waals surface area contributed by atoms with E-state index in [1.165, 1.54) is 0 Å². The van der Waals surface area contributed by atoms with Gasteiger partial charge in [-0.1, -0.05) is 0 Å². The van der Waals surface area contributed by atoms with Gasteiger partial charge in [0.15, 0.2) is 0 Å². The highest BCUT2D eigenvalue weighted by atomic mass is 16.3. The molecule has 0 rings (SSSR count). The number of carbonyl (C=O) groups excluding carboxylic acids is 1. The summed E-state index contributed by atoms with van der Waals surface area (Å²) >= 11 is 0. The maximum atomic E-state index is 11.2. The third kappa shape index (κ3) is 8.35. The lowest BCUT2D eigenvalue weighted by molar-refractivity contribution is -0.128. The summed E-state index contributed by atoms with van der Waals surface area (Å²) in [6, 6.07) is 0. The van der Waals surface area contributed by atoms with Gasteiger partial charge in [0.1, 0.15) is 0 Å². The van der Waals surface area contributed by atoms with E-state index < -0.39 is 0 Å². The van der Waals surface area contributed by atoms with Crippen molar-refractivity contribution in [1.82, 2.24) is 15.1 Å². The first kappa shape index (κ1) is 14.3. The first-order valence-electron chi connectivity index (χ1n) is 5.17. The number of amides is 1. The quantitative estimate of drug-likeness (QED) is 0.536. The molecule has 0 fully saturated rings. The lowest BCUT2D eigenvalue weighted by atomic mass is 10.3. The number of carbonyl (C=O) groups is 1. The van der Waals surface area contributed by atoms with Gasteiger partial charge < -0.3 is 20.2 Å². The van der Waals surface area contributed by atoms with E-state index >= 15 is 0 Å². The van der Waals surface area contributed by atoms with Crippen molar-refractivity contribution in [3.8, 4) is 0 Å². The second-order valence-corrected chi connectivity index (χ2v) is 4.16. The molecular weight excluding hydrogens is 194 g/mol. The Morgan fingerprint density at radius 2 is 1.93 bits per heavy atom. The van der Waals surface area contributed by atoms with E-state index in [-0.39, 0.29) is 12.0 Å². The number of rotatable bonds is 7. The van der Waals surface area contributed by atoms with Gasteiger partial charge in [-0.05, 0) is 14.1 Å². The molecule has 0 aromatic rings. The third-order valence-corrected chi connectivity index (χ3v) is 1.97. The number of nitrogens with zero attached hydrogens (tertiary/aromatic N) is 2. The molecule has 0 saturated carbocycles. The van der Waals surface area contributed by atoms with E-state index in [9.17, 15) is 9.90 Å². The molecule has 1 unspecified atom stereocenters. The van der Waals surface area contributed by atoms with Crippen molar-refractivity contribution in [3.05, 3.63) is 0 Å². The molecule has 1 atom stereocenters. The zero-order valence-corrected chi connectivity index (χ0v) is 10.2. The number of nitrogens with one attached hydrogen (secondary N) is 1. The maximum Gasteiger partial charge on any atom is 0.223 e. The summed E-state index contributed by atoms with van der Waals surface area (Å²) in [5.41, 5.74) is 0. The lowest BCUT2D eigenvalue weighted by Crippen LogP contribution is -2.36. The summed E-state index contributed by atoms with van der Waals surface area (Å²) in [7, 11) is 7.31. The minimum absolute atomic E-state index is 0.101. The molecule has 0 spiro atoms. The minimum atomic E-state index is -0.380. The average molecular weight is 217 g/mol. The highest BCUT2D eigenvalue weighted by molar-refractivity contribution is 5.75. The van der Waals surface area contributed by atoms with Crippen molar-refractivity contribution in [2.75, 3.05) is 47.8 Å². The van der Waals surface area contributed by atoms with Gasteiger partial charge in [-0.2, -0.15) is 0 Å². The normalized spacial score (nSPS) is 12.9. The van der Waals surface area contributed by atoms with Crippen molar-refractivity contribution in [2.45, 2.75) is 12.5 Å². The Morgan fingerprint density at radius 3 is 2.40 bits per heavy atom. The molecule has 0 bridgehead atoms. The maximum absolute atomic E-state index is 11.2. The summed E-state index contributed by atoms with van der Waals surface area (Å²) in [6.45, 7) is 1.77. The van der Waals surface area contributed by atoms with Crippen LogP contribution in [0, 0.1) is 0 Å². The van der Waals surface area contributed by atoms with Gasteiger partial charge in [0.2, 0.25) is 5.91 Å². The van der Waals surface area contributed by atoms with Gasteiger partial charge in [0, 0.05) is 40.2 Å². The van der Waals surface area contributed by atoms with E-state index in [1.54, 1.807) is 19.0 Å². The Hall–Kier alpha value is -0.650. The first-order chi connectivity index (χ1) is 6.93. The molecule has 15 heavy (non-hydrogen) atoms. The summed E-state index contributed by atoms with van der Waals surface area (Å²) in [4.78, 5) is 14.7. The van der Waals surface area contributed by atoms with Crippen LogP contribution in [0.15, 0.2) is 0 Å². The van der Waals surface area contributed by atoms with Crippen molar-refractivity contribution >= 4 is 5.91 Å². The van der Waals surface area contributed by atoms with E-state index in [4.69, 9.17) is 0 Å². The molecule has 5 heteroatoms. The van der Waals surface area contributed by atoms with Gasteiger partial charge in [-0.25, -0.2) is 0 Å². The van der Waals surface area contributed by atoms with Gasteiger partial charge in [-0.15, -0.1) is 0 Å². The van der Waals surface area contributed by atoms with Crippen LogP contribution in [0.5, 0.6) is 0 Å². The molecule has 90 valence electrons. The summed E-state index contributed by atoms with van der Waals surface area (Å²) in [5.74, 6) is 0.101. The average Bonchev–Trinajstić information content (AvgIpc) is 2.10. The largest absolute Gasteiger partial charge is 0.390 e. The molecule has 0 heterocycles. The predicted molar refractivity (Wildman–Crippen MR) is 60.7 cm³/mol. The second kappa shape index (κ2) is 7.62. The Labute approximate surface area is 92.0 Å². The highest BCUT2D eigenvalue weighted by Crippen LogP contribution is 1.87. The summed E-state index contributed by atoms with van der Waals surface area (Å²) < 4.78 is 0. The highest BCUT2D eigenvalue weighted by Gasteiger charge is 2.06. The third-order valence-electron chi connectivity index (χ3n) is 1.97. The molecule has 1 amide bonds. The van der Waals surface area contributed by atoms with E-state index in [0.717, 1.165) is 0 Å². The van der Waals surface area contributed by atoms with Gasteiger partial charge in [-0.3, -0.25) is 4.79 Å². The summed E-state index contributed by atoms with van der Waals surface area (Å²) in [5, 5.41) is 12.5. The fourth-order valence-electron chi connectivity index (χ4n) is 1.17. The molecule has 0 saturated heterocycles. The molecule has 0 aliphatic carbocycles. The fourth-order valence-corrected chi connectivity index (χ4v) is 1.17. The van der Waals surface area contributed by atoms with Gasteiger partial charge in [0.25, 0.3) is 0 Å². The predicted octanol–water partition coefficient (Wildman–Crippen LogP) is -1.02. The van der Waals surface area contributed by atoms with Crippen LogP contribution in [0.1, 0.15) is 6.42 Å². The van der Waals surface area contributed by atoms with Crippen LogP contribution in [0.25, 0.3) is 0 Å². The minimum Gasteiger partial charge on any atom is -0.390 e. The van der Waals surface area contributed by atoms with Crippen molar-refractivity contribution in [1.29, 1.82) is 0 Å². The molecule has 5 nitrogen and oxygen atoms in total. The Bertz CT molecular complexity index is 184. The zero-order chi connectivity index (χ0) is 11.8. The van der Waals surface area contributed by atoms with E-state index in [0.29, 0.717) is 26.1 Å². The standard InChI is InChI=1S/C10H23N3O2/c1-12(2)8-9(14)7-11-6-5-10(15)13(3)4/h9,11,14H,5-8H2,1-4H3. The molecule has 0 aliphatic heterocycles. The Morgan fingerprint density at radius 1 is 1.33 bits per heavy atom. The van der Waals surface area contributed by atoms with Crippen LogP contribution in [-0.2, 0) is 4.79 Å². The summed E-state index contributed by atoms with van der Waals surface area (Å²) in [6.07, 6.45) is 0.0938. The molecule has 0 aliphatic rings.